The predicted molar refractivity (Wildman–Crippen MR) is 147 cm³/mol. The number of non-ortho nitro benzene ring substituents is 1. The summed E-state index contributed by atoms with van der Waals surface area (Å²) < 4.78 is 5.94. The largest absolute Gasteiger partial charge is 0.507 e. The Balaban J connectivity index is 1.53. The number of Topliss-reactive ketones (excluding diaryl/α,β-unsaturated/α-hetero) is 1. The molecule has 1 fully saturated rings. The third-order valence-electron chi connectivity index (χ3n) is 6.72. The van der Waals surface area contributed by atoms with Gasteiger partial charge < -0.3 is 14.7 Å². The molecule has 3 aromatic carbocycles. The number of aliphatic hydroxyl groups excluding tert-OH is 1. The van der Waals surface area contributed by atoms with Gasteiger partial charge in [0, 0.05) is 36.6 Å². The summed E-state index contributed by atoms with van der Waals surface area (Å²) >= 11 is 0. The minimum Gasteiger partial charge on any atom is -0.507 e. The maximum Gasteiger partial charge on any atom is 0.295 e. The molecule has 1 amide bonds. The Bertz CT molecular complexity index is 1600. The Morgan fingerprint density at radius 3 is 2.38 bits per heavy atom. The van der Waals surface area contributed by atoms with E-state index in [1.807, 2.05) is 37.3 Å². The van der Waals surface area contributed by atoms with Crippen molar-refractivity contribution in [1.29, 1.82) is 0 Å². The molecule has 1 aliphatic rings. The number of hydrogen-bond acceptors (Lipinski definition) is 7. The van der Waals surface area contributed by atoms with E-state index in [2.05, 4.69) is 4.98 Å². The van der Waals surface area contributed by atoms with Gasteiger partial charge in [0.15, 0.2) is 0 Å². The van der Waals surface area contributed by atoms with Gasteiger partial charge in [-0.05, 0) is 65.6 Å². The van der Waals surface area contributed by atoms with E-state index in [0.29, 0.717) is 29.0 Å². The van der Waals surface area contributed by atoms with E-state index in [9.17, 15) is 24.8 Å². The summed E-state index contributed by atoms with van der Waals surface area (Å²) in [4.78, 5) is 42.7. The number of nitrogens with zero attached hydrogens (tertiary/aromatic N) is 3. The van der Waals surface area contributed by atoms with E-state index in [1.165, 1.54) is 29.2 Å². The van der Waals surface area contributed by atoms with Crippen molar-refractivity contribution in [3.05, 3.63) is 141 Å². The Labute approximate surface area is 230 Å². The minimum atomic E-state index is -0.963. The molecule has 1 aliphatic heterocycles. The SMILES string of the molecule is Cc1cc(/C(O)=C2\C(=O)C(=O)N(Cc3cccnc3)[C@H]2c2ccc([N+](=O)[O-])cc2)ccc1OCc1ccccc1. The van der Waals surface area contributed by atoms with E-state index in [-0.39, 0.29) is 23.6 Å². The quantitative estimate of drug-likeness (QED) is 0.104. The van der Waals surface area contributed by atoms with Crippen LogP contribution in [0, 0.1) is 17.0 Å². The number of aliphatic hydroxyl groups is 1. The normalized spacial score (nSPS) is 16.2. The molecule has 0 spiro atoms. The van der Waals surface area contributed by atoms with Crippen LogP contribution in [0.1, 0.15) is 33.9 Å². The molecule has 40 heavy (non-hydrogen) atoms. The van der Waals surface area contributed by atoms with Crippen LogP contribution in [0.15, 0.2) is 103 Å². The molecule has 200 valence electrons. The first kappa shape index (κ1) is 26.3. The van der Waals surface area contributed by atoms with Crippen molar-refractivity contribution in [1.82, 2.24) is 9.88 Å². The highest BCUT2D eigenvalue weighted by atomic mass is 16.6. The standard InChI is InChI=1S/C31H25N3O6/c1-20-16-24(11-14-26(20)40-19-21-6-3-2-4-7-21)29(35)27-28(23-9-12-25(13-10-23)34(38)39)33(31(37)30(27)36)18-22-8-5-15-32-17-22/h2-17,28,35H,18-19H2,1H3/b29-27+/t28-/m0/s1. The van der Waals surface area contributed by atoms with Gasteiger partial charge in [-0.15, -0.1) is 0 Å². The molecule has 1 saturated heterocycles. The fourth-order valence-electron chi connectivity index (χ4n) is 4.71. The number of ether oxygens (including phenoxy) is 1. The summed E-state index contributed by atoms with van der Waals surface area (Å²) in [5, 5.41) is 22.6. The average molecular weight is 536 g/mol. The third-order valence-corrected chi connectivity index (χ3v) is 6.72. The summed E-state index contributed by atoms with van der Waals surface area (Å²) in [5.74, 6) is -1.35. The zero-order valence-electron chi connectivity index (χ0n) is 21.6. The molecule has 4 aromatic rings. The third kappa shape index (κ3) is 5.30. The van der Waals surface area contributed by atoms with E-state index in [4.69, 9.17) is 4.74 Å². The van der Waals surface area contributed by atoms with Gasteiger partial charge in [-0.3, -0.25) is 24.7 Å². The van der Waals surface area contributed by atoms with Gasteiger partial charge in [-0.2, -0.15) is 0 Å². The first-order chi connectivity index (χ1) is 19.3. The van der Waals surface area contributed by atoms with Gasteiger partial charge in [0.05, 0.1) is 16.5 Å². The smallest absolute Gasteiger partial charge is 0.295 e. The highest BCUT2D eigenvalue weighted by Crippen LogP contribution is 2.41. The van der Waals surface area contributed by atoms with Crippen LogP contribution in [0.4, 0.5) is 5.69 Å². The number of aryl methyl sites for hydroxylation is 1. The molecule has 0 radical (unpaired) electrons. The lowest BCUT2D eigenvalue weighted by Crippen LogP contribution is -2.29. The predicted octanol–water partition coefficient (Wildman–Crippen LogP) is 5.50. The molecule has 0 unspecified atom stereocenters. The fourth-order valence-corrected chi connectivity index (χ4v) is 4.71. The molecule has 2 heterocycles. The van der Waals surface area contributed by atoms with Crippen LogP contribution in [-0.2, 0) is 22.7 Å². The van der Waals surface area contributed by atoms with E-state index in [0.717, 1.165) is 11.1 Å². The lowest BCUT2D eigenvalue weighted by atomic mass is 9.94. The topological polar surface area (TPSA) is 123 Å². The minimum absolute atomic E-state index is 0.0577. The molecule has 1 N–H and O–H groups in total. The number of carbonyl (C=O) groups excluding carboxylic acids is 2. The van der Waals surface area contributed by atoms with Gasteiger partial charge in [-0.1, -0.05) is 36.4 Å². The van der Waals surface area contributed by atoms with Crippen molar-refractivity contribution < 1.29 is 24.4 Å². The molecule has 1 aromatic heterocycles. The number of carbonyl (C=O) groups is 2. The summed E-state index contributed by atoms with van der Waals surface area (Å²) in [5.41, 5.74) is 2.99. The number of aromatic nitrogens is 1. The van der Waals surface area contributed by atoms with Crippen LogP contribution in [0.5, 0.6) is 5.75 Å². The Morgan fingerprint density at radius 2 is 1.73 bits per heavy atom. The highest BCUT2D eigenvalue weighted by molar-refractivity contribution is 6.46. The number of ketones is 1. The van der Waals surface area contributed by atoms with Gasteiger partial charge >= 0.3 is 0 Å². The van der Waals surface area contributed by atoms with Crippen molar-refractivity contribution in [3.63, 3.8) is 0 Å². The summed E-state index contributed by atoms with van der Waals surface area (Å²) in [6.45, 7) is 2.25. The number of amides is 1. The average Bonchev–Trinajstić information content (AvgIpc) is 3.22. The molecule has 5 rings (SSSR count). The number of hydrogen-bond donors (Lipinski definition) is 1. The number of benzene rings is 3. The van der Waals surface area contributed by atoms with Crippen molar-refractivity contribution in [3.8, 4) is 5.75 Å². The van der Waals surface area contributed by atoms with E-state index < -0.39 is 22.7 Å². The number of likely N-dealkylation sites (tertiary alicyclic amines) is 1. The maximum absolute atomic E-state index is 13.3. The Morgan fingerprint density at radius 1 is 1.00 bits per heavy atom. The summed E-state index contributed by atoms with van der Waals surface area (Å²) in [6, 6.07) is 22.9. The first-order valence-electron chi connectivity index (χ1n) is 12.5. The van der Waals surface area contributed by atoms with Gasteiger partial charge in [0.2, 0.25) is 0 Å². The number of pyridine rings is 1. The second kappa shape index (κ2) is 11.2. The van der Waals surface area contributed by atoms with E-state index in [1.54, 1.807) is 42.7 Å². The van der Waals surface area contributed by atoms with Crippen LogP contribution in [0.25, 0.3) is 5.76 Å². The van der Waals surface area contributed by atoms with Crippen LogP contribution >= 0.6 is 0 Å². The lowest BCUT2D eigenvalue weighted by molar-refractivity contribution is -0.384. The first-order valence-corrected chi connectivity index (χ1v) is 12.5. The maximum atomic E-state index is 13.3. The van der Waals surface area contributed by atoms with E-state index >= 15 is 0 Å². The molecule has 0 aliphatic carbocycles. The van der Waals surface area contributed by atoms with Gasteiger partial charge in [0.25, 0.3) is 17.4 Å². The Hall–Kier alpha value is -5.31. The summed E-state index contributed by atoms with van der Waals surface area (Å²) in [6.07, 6.45) is 3.19. The number of nitro benzene ring substituents is 1. The molecular formula is C31H25N3O6. The van der Waals surface area contributed by atoms with Crippen molar-refractivity contribution in [2.24, 2.45) is 0 Å². The van der Waals surface area contributed by atoms with Crippen molar-refractivity contribution in [2.45, 2.75) is 26.1 Å². The molecular weight excluding hydrogens is 510 g/mol. The second-order valence-corrected chi connectivity index (χ2v) is 9.39. The van der Waals surface area contributed by atoms with Crippen LogP contribution < -0.4 is 4.74 Å². The fraction of sp³-hybridized carbons (Fsp3) is 0.129. The second-order valence-electron chi connectivity index (χ2n) is 9.39. The Kier molecular flexibility index (Phi) is 7.37. The lowest BCUT2D eigenvalue weighted by Gasteiger charge is -2.25. The monoisotopic (exact) mass is 535 g/mol. The zero-order valence-corrected chi connectivity index (χ0v) is 21.6. The summed E-state index contributed by atoms with van der Waals surface area (Å²) in [7, 11) is 0. The molecule has 9 nitrogen and oxygen atoms in total. The van der Waals surface area contributed by atoms with Crippen LogP contribution in [-0.4, -0.2) is 31.6 Å². The highest BCUT2D eigenvalue weighted by Gasteiger charge is 2.46. The number of rotatable bonds is 8. The molecule has 9 heteroatoms. The van der Waals surface area contributed by atoms with Gasteiger partial charge in [-0.25, -0.2) is 0 Å². The van der Waals surface area contributed by atoms with Crippen LogP contribution in [0.2, 0.25) is 0 Å². The number of nitro groups is 1. The molecule has 0 saturated carbocycles. The van der Waals surface area contributed by atoms with Crippen molar-refractivity contribution >= 4 is 23.1 Å². The van der Waals surface area contributed by atoms with Crippen LogP contribution in [0.3, 0.4) is 0 Å². The molecule has 1 atom stereocenters. The molecule has 0 bridgehead atoms. The van der Waals surface area contributed by atoms with Gasteiger partial charge in [0.1, 0.15) is 18.1 Å². The zero-order chi connectivity index (χ0) is 28.2. The van der Waals surface area contributed by atoms with Crippen molar-refractivity contribution in [2.75, 3.05) is 0 Å².